The molecule has 2 aromatic carbocycles. The molecule has 0 saturated heterocycles. The Morgan fingerprint density at radius 2 is 2.04 bits per heavy atom. The highest BCUT2D eigenvalue weighted by Crippen LogP contribution is 2.38. The lowest BCUT2D eigenvalue weighted by Crippen LogP contribution is -2.19. The molecule has 0 bridgehead atoms. The van der Waals surface area contributed by atoms with Crippen LogP contribution < -0.4 is 9.47 Å². The third kappa shape index (κ3) is 3.08. The lowest BCUT2D eigenvalue weighted by molar-refractivity contribution is -0.108. The van der Waals surface area contributed by atoms with Gasteiger partial charge in [-0.1, -0.05) is 18.2 Å². The van der Waals surface area contributed by atoms with Crippen LogP contribution in [0.15, 0.2) is 42.5 Å². The second kappa shape index (κ2) is 7.45. The molecule has 5 nitrogen and oxygen atoms in total. The van der Waals surface area contributed by atoms with Crippen molar-refractivity contribution in [3.05, 3.63) is 59.3 Å². The van der Waals surface area contributed by atoms with E-state index in [2.05, 4.69) is 16.7 Å². The second-order valence-corrected chi connectivity index (χ2v) is 6.76. The summed E-state index contributed by atoms with van der Waals surface area (Å²) in [5, 5.41) is 1.20. The van der Waals surface area contributed by atoms with Crippen LogP contribution in [0.3, 0.4) is 0 Å². The van der Waals surface area contributed by atoms with Crippen LogP contribution in [0.4, 0.5) is 0 Å². The summed E-state index contributed by atoms with van der Waals surface area (Å²) >= 11 is 0. The van der Waals surface area contributed by atoms with Crippen LogP contribution in [0.1, 0.15) is 29.2 Å². The maximum atomic E-state index is 11.2. The minimum atomic E-state index is 0.107. The third-order valence-corrected chi connectivity index (χ3v) is 5.29. The number of ether oxygens (including phenoxy) is 3. The first-order valence-corrected chi connectivity index (χ1v) is 9.09. The van der Waals surface area contributed by atoms with Crippen molar-refractivity contribution in [2.24, 2.45) is 0 Å². The van der Waals surface area contributed by atoms with Crippen LogP contribution in [0, 0.1) is 0 Å². The zero-order valence-electron chi connectivity index (χ0n) is 15.6. The van der Waals surface area contributed by atoms with E-state index in [0.29, 0.717) is 26.2 Å². The standard InChI is InChI=1S/C22H23NO4/c1-25-17-8-7-15(21(11-17)26-2)12-23-19-6-4-3-5-18(19)22-16(9-10-24)13-27-14-20(22)23/h3-8,10-11,16H,9,12-14H2,1-2H3/t16-/m0/s1. The zero-order valence-corrected chi connectivity index (χ0v) is 15.6. The Morgan fingerprint density at radius 1 is 1.19 bits per heavy atom. The predicted octanol–water partition coefficient (Wildman–Crippen LogP) is 3.91. The van der Waals surface area contributed by atoms with Crippen molar-refractivity contribution in [3.63, 3.8) is 0 Å². The number of carbonyl (C=O) groups is 1. The average Bonchev–Trinajstić information content (AvgIpc) is 3.03. The summed E-state index contributed by atoms with van der Waals surface area (Å²) < 4.78 is 19.0. The van der Waals surface area contributed by atoms with Crippen molar-refractivity contribution in [3.8, 4) is 11.5 Å². The molecule has 27 heavy (non-hydrogen) atoms. The number of aldehydes is 1. The first kappa shape index (κ1) is 17.6. The van der Waals surface area contributed by atoms with E-state index in [0.717, 1.165) is 34.6 Å². The predicted molar refractivity (Wildman–Crippen MR) is 104 cm³/mol. The summed E-state index contributed by atoms with van der Waals surface area (Å²) in [6.45, 7) is 1.81. The second-order valence-electron chi connectivity index (χ2n) is 6.76. The molecule has 3 aromatic rings. The fourth-order valence-corrected chi connectivity index (χ4v) is 4.01. The largest absolute Gasteiger partial charge is 0.497 e. The van der Waals surface area contributed by atoms with Gasteiger partial charge in [-0.2, -0.15) is 0 Å². The molecule has 1 aliphatic heterocycles. The van der Waals surface area contributed by atoms with Gasteiger partial charge in [-0.05, 0) is 23.8 Å². The Morgan fingerprint density at radius 3 is 2.81 bits per heavy atom. The van der Waals surface area contributed by atoms with Crippen molar-refractivity contribution in [2.75, 3.05) is 20.8 Å². The smallest absolute Gasteiger partial charge is 0.127 e. The van der Waals surface area contributed by atoms with Crippen molar-refractivity contribution in [2.45, 2.75) is 25.5 Å². The summed E-state index contributed by atoms with van der Waals surface area (Å²) in [4.78, 5) is 11.2. The monoisotopic (exact) mass is 365 g/mol. The highest BCUT2D eigenvalue weighted by molar-refractivity contribution is 5.87. The number of para-hydroxylation sites is 1. The molecule has 0 radical (unpaired) electrons. The highest BCUT2D eigenvalue weighted by atomic mass is 16.5. The van der Waals surface area contributed by atoms with Gasteiger partial charge in [-0.25, -0.2) is 0 Å². The van der Waals surface area contributed by atoms with Gasteiger partial charge in [0.25, 0.3) is 0 Å². The Hall–Kier alpha value is -2.79. The third-order valence-electron chi connectivity index (χ3n) is 5.29. The van der Waals surface area contributed by atoms with E-state index in [1.165, 1.54) is 10.9 Å². The van der Waals surface area contributed by atoms with E-state index in [1.54, 1.807) is 14.2 Å². The summed E-state index contributed by atoms with van der Waals surface area (Å²) in [6, 6.07) is 14.2. The number of methoxy groups -OCH3 is 2. The van der Waals surface area contributed by atoms with Crippen molar-refractivity contribution in [1.29, 1.82) is 0 Å². The van der Waals surface area contributed by atoms with Gasteiger partial charge in [0.2, 0.25) is 0 Å². The van der Waals surface area contributed by atoms with Gasteiger partial charge in [0.1, 0.15) is 17.8 Å². The molecule has 5 heteroatoms. The molecule has 1 aliphatic rings. The number of benzene rings is 2. The Kier molecular flexibility index (Phi) is 4.86. The molecular weight excluding hydrogens is 342 g/mol. The van der Waals surface area contributed by atoms with Gasteiger partial charge in [0.05, 0.1) is 34.0 Å². The topological polar surface area (TPSA) is 49.7 Å². The minimum Gasteiger partial charge on any atom is -0.497 e. The van der Waals surface area contributed by atoms with Crippen molar-refractivity contribution < 1.29 is 19.0 Å². The summed E-state index contributed by atoms with van der Waals surface area (Å²) in [5.41, 5.74) is 4.62. The first-order chi connectivity index (χ1) is 13.3. The molecule has 140 valence electrons. The maximum absolute atomic E-state index is 11.2. The summed E-state index contributed by atoms with van der Waals surface area (Å²) in [7, 11) is 3.32. The average molecular weight is 365 g/mol. The molecular formula is C22H23NO4. The number of fused-ring (bicyclic) bond motifs is 3. The first-order valence-electron chi connectivity index (χ1n) is 9.09. The molecule has 0 spiro atoms. The Bertz CT molecular complexity index is 976. The molecule has 0 amide bonds. The quantitative estimate of drug-likeness (QED) is 0.622. The lowest BCUT2D eigenvalue weighted by atomic mass is 9.92. The van der Waals surface area contributed by atoms with E-state index in [4.69, 9.17) is 14.2 Å². The molecule has 1 aromatic heterocycles. The fourth-order valence-electron chi connectivity index (χ4n) is 4.01. The number of carbonyl (C=O) groups excluding carboxylic acids is 1. The van der Waals surface area contributed by atoms with E-state index in [9.17, 15) is 4.79 Å². The molecule has 0 N–H and O–H groups in total. The van der Waals surface area contributed by atoms with Crippen molar-refractivity contribution in [1.82, 2.24) is 4.57 Å². The van der Waals surface area contributed by atoms with Gasteiger partial charge < -0.3 is 23.6 Å². The van der Waals surface area contributed by atoms with E-state index >= 15 is 0 Å². The SMILES string of the molecule is COc1ccc(Cn2c3c(c4ccccc42)[C@@H](CC=O)COC3)c(OC)c1. The van der Waals surface area contributed by atoms with Crippen LogP contribution >= 0.6 is 0 Å². The number of hydrogen-bond donors (Lipinski definition) is 0. The number of hydrogen-bond acceptors (Lipinski definition) is 4. The summed E-state index contributed by atoms with van der Waals surface area (Å²) in [6.07, 6.45) is 1.47. The van der Waals surface area contributed by atoms with Crippen LogP contribution in [0.5, 0.6) is 11.5 Å². The van der Waals surface area contributed by atoms with Crippen molar-refractivity contribution >= 4 is 17.2 Å². The zero-order chi connectivity index (χ0) is 18.8. The molecule has 2 heterocycles. The molecule has 0 unspecified atom stereocenters. The van der Waals surface area contributed by atoms with E-state index in [1.807, 2.05) is 30.3 Å². The van der Waals surface area contributed by atoms with Crippen LogP contribution in [0.25, 0.3) is 10.9 Å². The lowest BCUT2D eigenvalue weighted by Gasteiger charge is -2.23. The van der Waals surface area contributed by atoms with Gasteiger partial charge in [0, 0.05) is 40.6 Å². The van der Waals surface area contributed by atoms with Gasteiger partial charge in [-0.3, -0.25) is 0 Å². The Balaban J connectivity index is 1.85. The van der Waals surface area contributed by atoms with Crippen LogP contribution in [0.2, 0.25) is 0 Å². The summed E-state index contributed by atoms with van der Waals surface area (Å²) in [5.74, 6) is 1.67. The molecule has 0 saturated carbocycles. The van der Waals surface area contributed by atoms with Crippen LogP contribution in [-0.2, 0) is 22.7 Å². The molecule has 0 fully saturated rings. The number of nitrogens with zero attached hydrogens (tertiary/aromatic N) is 1. The minimum absolute atomic E-state index is 0.107. The number of aromatic nitrogens is 1. The molecule has 4 rings (SSSR count). The maximum Gasteiger partial charge on any atom is 0.127 e. The van der Waals surface area contributed by atoms with Crippen LogP contribution in [-0.4, -0.2) is 31.7 Å². The highest BCUT2D eigenvalue weighted by Gasteiger charge is 2.28. The normalized spacial score (nSPS) is 16.1. The molecule has 0 aliphatic carbocycles. The van der Waals surface area contributed by atoms with E-state index in [-0.39, 0.29) is 5.92 Å². The number of rotatable bonds is 6. The molecule has 1 atom stereocenters. The van der Waals surface area contributed by atoms with Gasteiger partial charge in [-0.15, -0.1) is 0 Å². The fraction of sp³-hybridized carbons (Fsp3) is 0.318. The van der Waals surface area contributed by atoms with E-state index < -0.39 is 0 Å². The Labute approximate surface area is 158 Å². The van der Waals surface area contributed by atoms with Gasteiger partial charge in [0.15, 0.2) is 0 Å². The van der Waals surface area contributed by atoms with Gasteiger partial charge >= 0.3 is 0 Å².